The first kappa shape index (κ1) is 13.5. The van der Waals surface area contributed by atoms with Gasteiger partial charge >= 0.3 is 0 Å². The predicted octanol–water partition coefficient (Wildman–Crippen LogP) is 4.06. The average molecular weight is 333 g/mol. The lowest BCUT2D eigenvalue weighted by atomic mass is 10.3. The molecular weight excluding hydrogens is 322 g/mol. The molecule has 0 saturated carbocycles. The first-order valence-electron chi connectivity index (χ1n) is 5.25. The highest BCUT2D eigenvalue weighted by Gasteiger charge is 2.12. The van der Waals surface area contributed by atoms with Gasteiger partial charge in [-0.1, -0.05) is 0 Å². The van der Waals surface area contributed by atoms with Gasteiger partial charge in [-0.2, -0.15) is 5.10 Å². The average Bonchev–Trinajstić information content (AvgIpc) is 2.55. The van der Waals surface area contributed by atoms with E-state index in [4.69, 9.17) is 0 Å². The van der Waals surface area contributed by atoms with E-state index in [0.717, 1.165) is 28.0 Å². The minimum atomic E-state index is -0.431. The number of thioether (sulfide) groups is 1. The Bertz CT molecular complexity index is 584. The maximum atomic E-state index is 13.5. The van der Waals surface area contributed by atoms with Crippen LogP contribution in [0.1, 0.15) is 11.4 Å². The van der Waals surface area contributed by atoms with Crippen LogP contribution >= 0.6 is 27.7 Å². The first-order chi connectivity index (χ1) is 8.49. The van der Waals surface area contributed by atoms with E-state index in [0.29, 0.717) is 10.6 Å². The Labute approximate surface area is 117 Å². The second kappa shape index (κ2) is 5.40. The molecule has 6 heteroatoms. The normalized spacial score (nSPS) is 10.9. The maximum absolute atomic E-state index is 13.5. The van der Waals surface area contributed by atoms with Crippen LogP contribution < -0.4 is 0 Å². The van der Waals surface area contributed by atoms with Crippen LogP contribution in [0.15, 0.2) is 27.6 Å². The molecule has 1 aromatic heterocycles. The smallest absolute Gasteiger partial charge is 0.136 e. The van der Waals surface area contributed by atoms with Crippen LogP contribution in [0.2, 0.25) is 0 Å². The molecule has 0 unspecified atom stereocenters. The highest BCUT2D eigenvalue weighted by Crippen LogP contribution is 2.30. The number of aryl methyl sites for hydroxylation is 2. The van der Waals surface area contributed by atoms with E-state index in [1.54, 1.807) is 4.68 Å². The minimum Gasteiger partial charge on any atom is -0.270 e. The molecule has 0 spiro atoms. The van der Waals surface area contributed by atoms with E-state index in [1.807, 2.05) is 14.0 Å². The van der Waals surface area contributed by atoms with Gasteiger partial charge < -0.3 is 0 Å². The number of rotatable bonds is 3. The van der Waals surface area contributed by atoms with Gasteiger partial charge in [0.1, 0.15) is 11.6 Å². The van der Waals surface area contributed by atoms with E-state index in [-0.39, 0.29) is 0 Å². The van der Waals surface area contributed by atoms with E-state index in [2.05, 4.69) is 21.0 Å². The third kappa shape index (κ3) is 2.75. The number of nitrogens with zero attached hydrogens (tertiary/aromatic N) is 2. The van der Waals surface area contributed by atoms with Crippen molar-refractivity contribution in [2.45, 2.75) is 17.6 Å². The summed E-state index contributed by atoms with van der Waals surface area (Å²) in [5.41, 5.74) is 1.83. The van der Waals surface area contributed by atoms with E-state index >= 15 is 0 Å². The highest BCUT2D eigenvalue weighted by molar-refractivity contribution is 9.10. The van der Waals surface area contributed by atoms with Crippen molar-refractivity contribution in [1.29, 1.82) is 0 Å². The number of halogens is 3. The van der Waals surface area contributed by atoms with Crippen molar-refractivity contribution >= 4 is 27.7 Å². The zero-order valence-electron chi connectivity index (χ0n) is 9.88. The number of hydrogen-bond acceptors (Lipinski definition) is 2. The maximum Gasteiger partial charge on any atom is 0.136 e. The Morgan fingerprint density at radius 3 is 2.72 bits per heavy atom. The van der Waals surface area contributed by atoms with Crippen molar-refractivity contribution in [2.24, 2.45) is 7.05 Å². The molecule has 18 heavy (non-hydrogen) atoms. The van der Waals surface area contributed by atoms with Crippen LogP contribution in [0, 0.1) is 18.6 Å². The van der Waals surface area contributed by atoms with Crippen LogP contribution in [-0.4, -0.2) is 9.78 Å². The predicted molar refractivity (Wildman–Crippen MR) is 71.6 cm³/mol. The molecule has 0 amide bonds. The number of hydrogen-bond donors (Lipinski definition) is 0. The van der Waals surface area contributed by atoms with Gasteiger partial charge in [0.25, 0.3) is 0 Å². The fraction of sp³-hybridized carbons (Fsp3) is 0.250. The van der Waals surface area contributed by atoms with Gasteiger partial charge in [-0.3, -0.25) is 4.68 Å². The van der Waals surface area contributed by atoms with Crippen molar-refractivity contribution in [3.63, 3.8) is 0 Å². The second-order valence-corrected chi connectivity index (χ2v) is 5.64. The Morgan fingerprint density at radius 2 is 2.11 bits per heavy atom. The highest BCUT2D eigenvalue weighted by atomic mass is 79.9. The first-order valence-corrected chi connectivity index (χ1v) is 7.02. The molecule has 0 saturated heterocycles. The summed E-state index contributed by atoms with van der Waals surface area (Å²) in [7, 11) is 1.83. The summed E-state index contributed by atoms with van der Waals surface area (Å²) in [5, 5.41) is 4.25. The molecule has 0 N–H and O–H groups in total. The van der Waals surface area contributed by atoms with Gasteiger partial charge in [-0.05, 0) is 41.1 Å². The monoisotopic (exact) mass is 332 g/mol. The Kier molecular flexibility index (Phi) is 4.07. The van der Waals surface area contributed by atoms with Gasteiger partial charge in [0, 0.05) is 17.7 Å². The van der Waals surface area contributed by atoms with Crippen LogP contribution in [0.25, 0.3) is 0 Å². The molecule has 0 atom stereocenters. The fourth-order valence-electron chi connectivity index (χ4n) is 1.57. The lowest BCUT2D eigenvalue weighted by Gasteiger charge is -2.04. The Balaban J connectivity index is 2.19. The molecule has 0 aliphatic heterocycles. The standard InChI is InChI=1S/C12H11BrF2N2S/c1-7-12(13)10(17(2)16-7)6-18-11-5-8(14)3-4-9(11)15/h3-5H,6H2,1-2H3. The summed E-state index contributed by atoms with van der Waals surface area (Å²) >= 11 is 4.69. The lowest BCUT2D eigenvalue weighted by Crippen LogP contribution is -1.97. The summed E-state index contributed by atoms with van der Waals surface area (Å²) in [6.07, 6.45) is 0. The molecule has 2 nitrogen and oxygen atoms in total. The van der Waals surface area contributed by atoms with Gasteiger partial charge in [-0.25, -0.2) is 8.78 Å². The van der Waals surface area contributed by atoms with Crippen LogP contribution in [0.3, 0.4) is 0 Å². The summed E-state index contributed by atoms with van der Waals surface area (Å²) in [6.45, 7) is 1.89. The van der Waals surface area contributed by atoms with Crippen molar-refractivity contribution in [3.8, 4) is 0 Å². The van der Waals surface area contributed by atoms with E-state index in [9.17, 15) is 8.78 Å². The molecule has 2 aromatic rings. The second-order valence-electron chi connectivity index (χ2n) is 3.83. The van der Waals surface area contributed by atoms with Crippen molar-refractivity contribution < 1.29 is 8.78 Å². The molecule has 1 heterocycles. The Morgan fingerprint density at radius 1 is 1.39 bits per heavy atom. The van der Waals surface area contributed by atoms with Crippen LogP contribution in [-0.2, 0) is 12.8 Å². The largest absolute Gasteiger partial charge is 0.270 e. The summed E-state index contributed by atoms with van der Waals surface area (Å²) in [4.78, 5) is 0.306. The zero-order valence-corrected chi connectivity index (χ0v) is 12.3. The lowest BCUT2D eigenvalue weighted by molar-refractivity contribution is 0.577. The molecular formula is C12H11BrF2N2S. The van der Waals surface area contributed by atoms with Crippen LogP contribution in [0.5, 0.6) is 0 Å². The van der Waals surface area contributed by atoms with Gasteiger partial charge in [0.2, 0.25) is 0 Å². The zero-order chi connectivity index (χ0) is 13.3. The minimum absolute atomic E-state index is 0.306. The molecule has 1 aromatic carbocycles. The van der Waals surface area contributed by atoms with E-state index in [1.165, 1.54) is 17.8 Å². The number of benzene rings is 1. The molecule has 0 radical (unpaired) electrons. The topological polar surface area (TPSA) is 17.8 Å². The van der Waals surface area contributed by atoms with Crippen molar-refractivity contribution in [1.82, 2.24) is 9.78 Å². The Hall–Kier alpha value is -0.880. The third-order valence-corrected chi connectivity index (χ3v) is 4.59. The summed E-state index contributed by atoms with van der Waals surface area (Å²) in [6, 6.07) is 3.46. The van der Waals surface area contributed by atoms with Crippen LogP contribution in [0.4, 0.5) is 8.78 Å². The number of aromatic nitrogens is 2. The molecule has 0 aliphatic carbocycles. The molecule has 0 fully saturated rings. The van der Waals surface area contributed by atoms with Crippen molar-refractivity contribution in [2.75, 3.05) is 0 Å². The van der Waals surface area contributed by atoms with Gasteiger partial charge in [0.05, 0.1) is 15.9 Å². The third-order valence-electron chi connectivity index (χ3n) is 2.52. The molecule has 0 bridgehead atoms. The van der Waals surface area contributed by atoms with Gasteiger partial charge in [-0.15, -0.1) is 11.8 Å². The van der Waals surface area contributed by atoms with Crippen molar-refractivity contribution in [3.05, 3.63) is 45.7 Å². The molecule has 0 aliphatic rings. The SMILES string of the molecule is Cc1nn(C)c(CSc2cc(F)ccc2F)c1Br. The van der Waals surface area contributed by atoms with Gasteiger partial charge in [0.15, 0.2) is 0 Å². The summed E-state index contributed by atoms with van der Waals surface area (Å²) < 4.78 is 29.1. The molecule has 96 valence electrons. The summed E-state index contributed by atoms with van der Waals surface area (Å²) in [5.74, 6) is -0.311. The van der Waals surface area contributed by atoms with E-state index < -0.39 is 11.6 Å². The quantitative estimate of drug-likeness (QED) is 0.789. The molecule has 2 rings (SSSR count). The fourth-order valence-corrected chi connectivity index (χ4v) is 3.26.